The fourth-order valence-electron chi connectivity index (χ4n) is 2.75. The molecule has 1 fully saturated rings. The minimum atomic E-state index is 0.289. The molecule has 1 aliphatic rings. The zero-order valence-corrected chi connectivity index (χ0v) is 17.7. The van der Waals surface area contributed by atoms with E-state index in [1.807, 2.05) is 44.4 Å². The number of para-hydroxylation sites is 2. The molecule has 1 aliphatic heterocycles. The zero-order chi connectivity index (χ0) is 19.2. The van der Waals surface area contributed by atoms with Crippen LogP contribution >= 0.6 is 24.6 Å². The van der Waals surface area contributed by atoms with E-state index in [-0.39, 0.29) is 5.41 Å². The van der Waals surface area contributed by atoms with Crippen LogP contribution in [0.3, 0.4) is 0 Å². The maximum Gasteiger partial charge on any atom is 0.0597 e. The molecule has 2 aromatic carbocycles. The highest BCUT2D eigenvalue weighted by Gasteiger charge is 2.34. The van der Waals surface area contributed by atoms with Crippen molar-refractivity contribution in [3.05, 3.63) is 48.5 Å². The van der Waals surface area contributed by atoms with Crippen LogP contribution in [-0.2, 0) is 4.74 Å². The van der Waals surface area contributed by atoms with Gasteiger partial charge >= 0.3 is 0 Å². The fourth-order valence-corrected chi connectivity index (χ4v) is 3.58. The number of rotatable bonds is 5. The van der Waals surface area contributed by atoms with Crippen LogP contribution in [0.4, 0.5) is 11.4 Å². The summed E-state index contributed by atoms with van der Waals surface area (Å²) in [5.74, 6) is 0. The maximum atomic E-state index is 5.93. The van der Waals surface area contributed by atoms with Crippen LogP contribution < -0.4 is 10.6 Å². The number of hydrogen-bond acceptors (Lipinski definition) is 6. The molecule has 0 aliphatic carbocycles. The Morgan fingerprint density at radius 1 is 1.08 bits per heavy atom. The summed E-state index contributed by atoms with van der Waals surface area (Å²) in [6.07, 6.45) is 0. The van der Waals surface area contributed by atoms with Gasteiger partial charge in [0.05, 0.1) is 24.6 Å². The molecular weight excluding hydrogens is 362 g/mol. The highest BCUT2D eigenvalue weighted by atomic mass is 32.2. The van der Waals surface area contributed by atoms with Gasteiger partial charge < -0.3 is 15.4 Å². The van der Waals surface area contributed by atoms with E-state index in [2.05, 4.69) is 54.0 Å². The van der Waals surface area contributed by atoms with Crippen LogP contribution in [0.5, 0.6) is 0 Å². The van der Waals surface area contributed by atoms with E-state index < -0.39 is 0 Å². The Balaban J connectivity index is 0.000000197. The summed E-state index contributed by atoms with van der Waals surface area (Å²) in [4.78, 5) is 4.46. The monoisotopic (exact) mass is 391 g/mol. The third-order valence-corrected chi connectivity index (χ3v) is 5.14. The minimum Gasteiger partial charge on any atom is -0.397 e. The third kappa shape index (κ3) is 6.43. The van der Waals surface area contributed by atoms with Gasteiger partial charge in [0.15, 0.2) is 0 Å². The molecule has 26 heavy (non-hydrogen) atoms. The summed E-state index contributed by atoms with van der Waals surface area (Å²) in [5, 5.41) is 0. The van der Waals surface area contributed by atoms with Gasteiger partial charge in [0, 0.05) is 28.8 Å². The molecule has 0 amide bonds. The second kappa shape index (κ2) is 9.55. The van der Waals surface area contributed by atoms with Crippen molar-refractivity contribution in [3.63, 3.8) is 0 Å². The lowest BCUT2D eigenvalue weighted by Crippen LogP contribution is -2.48. The molecular formula is C20H29N3OS2. The average Bonchev–Trinajstić information content (AvgIpc) is 2.56. The van der Waals surface area contributed by atoms with E-state index in [0.717, 1.165) is 36.0 Å². The second-order valence-electron chi connectivity index (χ2n) is 7.12. The Labute approximate surface area is 167 Å². The van der Waals surface area contributed by atoms with E-state index in [0.29, 0.717) is 0 Å². The van der Waals surface area contributed by atoms with Gasteiger partial charge in [0.25, 0.3) is 0 Å². The molecule has 6 heteroatoms. The standard InChI is InChI=1S/C12H18N2O.C8H11NS2/c1-12(8-15-9-12)7-14(2)11-6-4-3-5-10(11)13;1-9(2)11-8-5-3-7(10)4-6-8/h3-6H,7-9,13H2,1-2H3;3-6,10H,1-2H3. The van der Waals surface area contributed by atoms with Crippen LogP contribution in [-0.4, -0.2) is 45.2 Å². The lowest BCUT2D eigenvalue weighted by atomic mass is 9.88. The summed E-state index contributed by atoms with van der Waals surface area (Å²) in [6.45, 7) is 4.93. The van der Waals surface area contributed by atoms with Crippen molar-refractivity contribution in [2.45, 2.75) is 16.7 Å². The Bertz CT molecular complexity index is 688. The van der Waals surface area contributed by atoms with E-state index in [4.69, 9.17) is 10.5 Å². The molecule has 0 bridgehead atoms. The van der Waals surface area contributed by atoms with Crippen LogP contribution in [0.2, 0.25) is 0 Å². The first-order valence-corrected chi connectivity index (χ1v) is 9.79. The number of anilines is 2. The van der Waals surface area contributed by atoms with Crippen LogP contribution in [0.25, 0.3) is 0 Å². The van der Waals surface area contributed by atoms with Crippen molar-refractivity contribution in [2.24, 2.45) is 5.41 Å². The number of nitrogen functional groups attached to an aromatic ring is 1. The predicted octanol–water partition coefficient (Wildman–Crippen LogP) is 4.29. The van der Waals surface area contributed by atoms with E-state index in [1.165, 1.54) is 4.90 Å². The highest BCUT2D eigenvalue weighted by Crippen LogP contribution is 2.30. The summed E-state index contributed by atoms with van der Waals surface area (Å²) in [7, 11) is 6.13. The highest BCUT2D eigenvalue weighted by molar-refractivity contribution is 7.97. The molecule has 1 heterocycles. The molecule has 0 saturated carbocycles. The first-order chi connectivity index (χ1) is 12.3. The zero-order valence-electron chi connectivity index (χ0n) is 16.0. The van der Waals surface area contributed by atoms with Crippen molar-refractivity contribution in [1.82, 2.24) is 4.31 Å². The molecule has 4 nitrogen and oxygen atoms in total. The Morgan fingerprint density at radius 3 is 2.19 bits per heavy atom. The molecule has 142 valence electrons. The Hall–Kier alpha value is -1.34. The fraction of sp³-hybridized carbons (Fsp3) is 0.400. The predicted molar refractivity (Wildman–Crippen MR) is 116 cm³/mol. The third-order valence-electron chi connectivity index (χ3n) is 3.99. The van der Waals surface area contributed by atoms with Gasteiger partial charge in [-0.05, 0) is 62.4 Å². The summed E-state index contributed by atoms with van der Waals surface area (Å²) in [6, 6.07) is 16.1. The van der Waals surface area contributed by atoms with Crippen LogP contribution in [0, 0.1) is 5.41 Å². The summed E-state index contributed by atoms with van der Waals surface area (Å²) >= 11 is 5.91. The van der Waals surface area contributed by atoms with Crippen molar-refractivity contribution in [1.29, 1.82) is 0 Å². The molecule has 3 rings (SSSR count). The van der Waals surface area contributed by atoms with E-state index in [1.54, 1.807) is 11.9 Å². The summed E-state index contributed by atoms with van der Waals surface area (Å²) in [5.41, 5.74) is 8.15. The number of thiol groups is 1. The SMILES string of the molecule is CN(C)Sc1ccc(S)cc1.CN(CC1(C)COC1)c1ccccc1N. The smallest absolute Gasteiger partial charge is 0.0597 e. The van der Waals surface area contributed by atoms with Crippen molar-refractivity contribution in [2.75, 3.05) is 51.5 Å². The normalized spacial score (nSPS) is 15.0. The Kier molecular flexibility index (Phi) is 7.70. The largest absolute Gasteiger partial charge is 0.397 e. The van der Waals surface area contributed by atoms with Gasteiger partial charge in [-0.1, -0.05) is 19.1 Å². The minimum absolute atomic E-state index is 0.289. The molecule has 0 spiro atoms. The molecule has 0 aromatic heterocycles. The maximum absolute atomic E-state index is 5.93. The van der Waals surface area contributed by atoms with Gasteiger partial charge in [0.2, 0.25) is 0 Å². The van der Waals surface area contributed by atoms with E-state index in [9.17, 15) is 0 Å². The molecule has 0 atom stereocenters. The van der Waals surface area contributed by atoms with Crippen LogP contribution in [0.1, 0.15) is 6.92 Å². The van der Waals surface area contributed by atoms with Gasteiger partial charge in [-0.2, -0.15) is 0 Å². The molecule has 2 N–H and O–H groups in total. The van der Waals surface area contributed by atoms with Gasteiger partial charge in [-0.15, -0.1) is 12.6 Å². The molecule has 1 saturated heterocycles. The number of hydrogen-bond donors (Lipinski definition) is 2. The van der Waals surface area contributed by atoms with Crippen molar-refractivity contribution >= 4 is 36.0 Å². The van der Waals surface area contributed by atoms with Crippen molar-refractivity contribution in [3.8, 4) is 0 Å². The quantitative estimate of drug-likeness (QED) is 0.452. The number of benzene rings is 2. The number of nitrogens with two attached hydrogens (primary N) is 1. The lowest BCUT2D eigenvalue weighted by Gasteiger charge is -2.41. The van der Waals surface area contributed by atoms with Gasteiger partial charge in [-0.3, -0.25) is 4.31 Å². The van der Waals surface area contributed by atoms with Gasteiger partial charge in [0.1, 0.15) is 0 Å². The van der Waals surface area contributed by atoms with Crippen molar-refractivity contribution < 1.29 is 4.74 Å². The first-order valence-electron chi connectivity index (χ1n) is 8.57. The molecule has 0 unspecified atom stereocenters. The topological polar surface area (TPSA) is 41.7 Å². The lowest BCUT2D eigenvalue weighted by molar-refractivity contribution is -0.0951. The van der Waals surface area contributed by atoms with Crippen LogP contribution in [0.15, 0.2) is 58.3 Å². The Morgan fingerprint density at radius 2 is 1.69 bits per heavy atom. The number of nitrogens with zero attached hydrogens (tertiary/aromatic N) is 2. The van der Waals surface area contributed by atoms with Gasteiger partial charge in [-0.25, -0.2) is 0 Å². The molecule has 0 radical (unpaired) electrons. The molecule has 2 aromatic rings. The average molecular weight is 392 g/mol. The second-order valence-corrected chi connectivity index (χ2v) is 9.02. The van der Waals surface area contributed by atoms with E-state index >= 15 is 0 Å². The summed E-state index contributed by atoms with van der Waals surface area (Å²) < 4.78 is 7.31. The first kappa shape index (κ1) is 21.0. The number of ether oxygens (including phenoxy) is 1.